The number of aliphatic hydroxyl groups excluding tert-OH is 1. The quantitative estimate of drug-likeness (QED) is 0.414. The van der Waals surface area contributed by atoms with Crippen LogP contribution in [-0.2, 0) is 14.4 Å². The number of carbonyl (C=O) groups excluding carboxylic acids is 3. The third kappa shape index (κ3) is 4.55. The third-order valence-corrected chi connectivity index (χ3v) is 10.1. The number of hydrogen-bond acceptors (Lipinski definition) is 5. The number of nitrogens with one attached hydrogen (secondary N) is 2. The number of hydrogen-bond donors (Lipinski definition) is 3. The largest absolute Gasteiger partial charge is 0.394 e. The number of fused-ring (bicyclic) bond motifs is 1. The highest BCUT2D eigenvalue weighted by Gasteiger charge is 2.74. The normalized spacial score (nSPS) is 28.7. The van der Waals surface area contributed by atoms with Crippen molar-refractivity contribution in [2.45, 2.75) is 61.1 Å². The second-order valence-corrected chi connectivity index (χ2v) is 11.9. The van der Waals surface area contributed by atoms with Gasteiger partial charge in [-0.05, 0) is 37.0 Å². The summed E-state index contributed by atoms with van der Waals surface area (Å²) < 4.78 is -0.683. The molecule has 3 amide bonds. The van der Waals surface area contributed by atoms with Crippen LogP contribution >= 0.6 is 11.8 Å². The van der Waals surface area contributed by atoms with Crippen LogP contribution in [0.25, 0.3) is 0 Å². The maximum atomic E-state index is 14.2. The number of anilines is 1. The third-order valence-electron chi connectivity index (χ3n) is 8.10. The topological polar surface area (TPSA) is 98.7 Å². The van der Waals surface area contributed by atoms with Gasteiger partial charge in [0.1, 0.15) is 6.04 Å². The lowest BCUT2D eigenvalue weighted by Crippen LogP contribution is -2.54. The second kappa shape index (κ2) is 10.9. The maximum absolute atomic E-state index is 14.2. The first-order valence-electron chi connectivity index (χ1n) is 13.3. The van der Waals surface area contributed by atoms with Crippen LogP contribution in [0.15, 0.2) is 60.7 Å². The van der Waals surface area contributed by atoms with Crippen molar-refractivity contribution in [1.29, 1.82) is 0 Å². The van der Waals surface area contributed by atoms with E-state index in [0.717, 1.165) is 31.2 Å². The number of aliphatic hydroxyl groups is 1. The van der Waals surface area contributed by atoms with E-state index < -0.39 is 28.7 Å². The van der Waals surface area contributed by atoms with Gasteiger partial charge < -0.3 is 20.6 Å². The highest BCUT2D eigenvalue weighted by Crippen LogP contribution is 2.67. The van der Waals surface area contributed by atoms with Crippen LogP contribution < -0.4 is 10.6 Å². The van der Waals surface area contributed by atoms with Crippen molar-refractivity contribution < 1.29 is 19.5 Å². The van der Waals surface area contributed by atoms with E-state index in [0.29, 0.717) is 18.7 Å². The van der Waals surface area contributed by atoms with E-state index in [1.165, 1.54) is 0 Å². The molecular formula is C29H35N3O4S. The van der Waals surface area contributed by atoms with Crippen molar-refractivity contribution >= 4 is 35.2 Å². The lowest BCUT2D eigenvalue weighted by atomic mass is 9.70. The minimum atomic E-state index is -0.742. The van der Waals surface area contributed by atoms with Gasteiger partial charge in [0.2, 0.25) is 17.7 Å². The maximum Gasteiger partial charge on any atom is 0.244 e. The Morgan fingerprint density at radius 2 is 1.78 bits per heavy atom. The molecule has 5 rings (SSSR count). The van der Waals surface area contributed by atoms with Gasteiger partial charge in [0.05, 0.1) is 29.2 Å². The van der Waals surface area contributed by atoms with Gasteiger partial charge >= 0.3 is 0 Å². The molecule has 2 aromatic carbocycles. The van der Waals surface area contributed by atoms with Crippen molar-refractivity contribution in [2.75, 3.05) is 18.5 Å². The Bertz CT molecular complexity index is 1130. The van der Waals surface area contributed by atoms with Crippen LogP contribution in [0.1, 0.15) is 50.6 Å². The van der Waals surface area contributed by atoms with Crippen molar-refractivity contribution in [3.05, 3.63) is 66.2 Å². The Morgan fingerprint density at radius 3 is 2.46 bits per heavy atom. The summed E-state index contributed by atoms with van der Waals surface area (Å²) >= 11 is 1.64. The van der Waals surface area contributed by atoms with Gasteiger partial charge in [-0.25, -0.2) is 0 Å². The summed E-state index contributed by atoms with van der Waals surface area (Å²) in [5.74, 6) is -1.70. The molecule has 196 valence electrons. The van der Waals surface area contributed by atoms with E-state index in [4.69, 9.17) is 0 Å². The second-order valence-electron chi connectivity index (χ2n) is 10.3. The molecule has 3 heterocycles. The number of para-hydroxylation sites is 1. The van der Waals surface area contributed by atoms with Crippen LogP contribution in [0.2, 0.25) is 0 Å². The first kappa shape index (κ1) is 25.8. The summed E-state index contributed by atoms with van der Waals surface area (Å²) in [5, 5.41) is 16.6. The predicted molar refractivity (Wildman–Crippen MR) is 145 cm³/mol. The highest BCUT2D eigenvalue weighted by atomic mass is 32.2. The van der Waals surface area contributed by atoms with E-state index in [-0.39, 0.29) is 29.6 Å². The van der Waals surface area contributed by atoms with Gasteiger partial charge in [0.15, 0.2) is 0 Å². The number of benzene rings is 2. The summed E-state index contributed by atoms with van der Waals surface area (Å²) in [6.07, 6.45) is 4.42. The van der Waals surface area contributed by atoms with E-state index in [2.05, 4.69) is 17.6 Å². The summed E-state index contributed by atoms with van der Waals surface area (Å²) in [6, 6.07) is 17.3. The van der Waals surface area contributed by atoms with Crippen molar-refractivity contribution in [3.63, 3.8) is 0 Å². The highest BCUT2D eigenvalue weighted by molar-refractivity contribution is 8.02. The molecule has 3 saturated heterocycles. The molecule has 1 spiro atoms. The van der Waals surface area contributed by atoms with Gasteiger partial charge in [0.25, 0.3) is 0 Å². The zero-order valence-electron chi connectivity index (χ0n) is 21.1. The summed E-state index contributed by atoms with van der Waals surface area (Å²) in [4.78, 5) is 43.2. The van der Waals surface area contributed by atoms with Crippen LogP contribution in [0.5, 0.6) is 0 Å². The fourth-order valence-electron chi connectivity index (χ4n) is 6.49. The molecule has 3 aliphatic rings. The lowest BCUT2D eigenvalue weighted by Gasteiger charge is -2.37. The van der Waals surface area contributed by atoms with E-state index in [9.17, 15) is 19.5 Å². The van der Waals surface area contributed by atoms with E-state index in [1.807, 2.05) is 60.7 Å². The first-order valence-corrected chi connectivity index (χ1v) is 14.2. The van der Waals surface area contributed by atoms with Crippen LogP contribution in [-0.4, -0.2) is 56.9 Å². The Labute approximate surface area is 222 Å². The Morgan fingerprint density at radius 1 is 1.08 bits per heavy atom. The minimum absolute atomic E-state index is 0.0143. The molecule has 2 unspecified atom stereocenters. The number of amides is 3. The zero-order chi connectivity index (χ0) is 26.0. The molecule has 3 N–H and O–H groups in total. The summed E-state index contributed by atoms with van der Waals surface area (Å²) in [5.41, 5.74) is 1.47. The van der Waals surface area contributed by atoms with Crippen LogP contribution in [0, 0.1) is 11.8 Å². The number of likely N-dealkylation sites (tertiary alicyclic amines) is 1. The molecule has 0 radical (unpaired) electrons. The Hall–Kier alpha value is -2.84. The SMILES string of the molecule is CCCCCNC(=O)C1N([C@H](CO)c2ccccc2)C(=O)[C@@H]2[C@H](C(=O)Nc3ccccc3)[C@@H]3CCC12S3. The number of rotatable bonds is 10. The van der Waals surface area contributed by atoms with Gasteiger partial charge in [0, 0.05) is 17.5 Å². The monoisotopic (exact) mass is 521 g/mol. The van der Waals surface area contributed by atoms with Crippen molar-refractivity contribution in [1.82, 2.24) is 10.2 Å². The summed E-state index contributed by atoms with van der Waals surface area (Å²) in [6.45, 7) is 2.36. The molecule has 6 atom stereocenters. The molecule has 7 nitrogen and oxygen atoms in total. The van der Waals surface area contributed by atoms with E-state index >= 15 is 0 Å². The average Bonchev–Trinajstić information content (AvgIpc) is 3.56. The lowest BCUT2D eigenvalue weighted by molar-refractivity contribution is -0.142. The molecule has 3 aliphatic heterocycles. The fourth-order valence-corrected chi connectivity index (χ4v) is 8.69. The Kier molecular flexibility index (Phi) is 7.58. The van der Waals surface area contributed by atoms with Crippen LogP contribution in [0.3, 0.4) is 0 Å². The number of thioether (sulfide) groups is 1. The fraction of sp³-hybridized carbons (Fsp3) is 0.483. The van der Waals surface area contributed by atoms with Gasteiger partial charge in [-0.15, -0.1) is 11.8 Å². The minimum Gasteiger partial charge on any atom is -0.394 e. The van der Waals surface area contributed by atoms with Crippen molar-refractivity contribution in [2.24, 2.45) is 11.8 Å². The zero-order valence-corrected chi connectivity index (χ0v) is 22.0. The van der Waals surface area contributed by atoms with E-state index in [1.54, 1.807) is 16.7 Å². The molecule has 8 heteroatoms. The molecule has 0 aromatic heterocycles. The Balaban J connectivity index is 1.50. The van der Waals surface area contributed by atoms with Gasteiger partial charge in [-0.1, -0.05) is 68.3 Å². The predicted octanol–water partition coefficient (Wildman–Crippen LogP) is 3.76. The smallest absolute Gasteiger partial charge is 0.244 e. The number of carbonyl (C=O) groups is 3. The molecule has 2 aromatic rings. The van der Waals surface area contributed by atoms with Crippen LogP contribution in [0.4, 0.5) is 5.69 Å². The van der Waals surface area contributed by atoms with Gasteiger partial charge in [-0.2, -0.15) is 0 Å². The molecule has 37 heavy (non-hydrogen) atoms. The standard InChI is InChI=1S/C29H35N3O4S/c1-2-3-10-17-30-27(35)25-29-16-15-22(37-29)23(26(34)31-20-13-8-5-9-14-20)24(29)28(36)32(25)21(18-33)19-11-6-4-7-12-19/h4-9,11-14,21-25,33H,2-3,10,15-18H2,1H3,(H,30,35)(H,31,34)/t21-,22+,23-,24+,25?,29?/m1/s1. The molecule has 0 saturated carbocycles. The molecule has 2 bridgehead atoms. The summed E-state index contributed by atoms with van der Waals surface area (Å²) in [7, 11) is 0. The molecule has 3 fully saturated rings. The van der Waals surface area contributed by atoms with Gasteiger partial charge in [-0.3, -0.25) is 14.4 Å². The number of unbranched alkanes of at least 4 members (excludes halogenated alkanes) is 2. The average molecular weight is 522 g/mol. The number of nitrogens with zero attached hydrogens (tertiary/aromatic N) is 1. The molecular weight excluding hydrogens is 486 g/mol. The molecule has 0 aliphatic carbocycles. The van der Waals surface area contributed by atoms with Crippen molar-refractivity contribution in [3.8, 4) is 0 Å². The first-order chi connectivity index (χ1) is 18.0.